The molecule has 1 rings (SSSR count). The minimum atomic E-state index is -1.00. The largest absolute Gasteiger partial charge is 0.465 e. The SMILES string of the molecule is CNc1cccc(CNC(=O)O)c1. The summed E-state index contributed by atoms with van der Waals surface area (Å²) in [5, 5.41) is 13.7. The van der Waals surface area contributed by atoms with E-state index in [2.05, 4.69) is 10.6 Å². The third-order valence-corrected chi connectivity index (χ3v) is 1.66. The Hall–Kier alpha value is -1.71. The molecule has 0 spiro atoms. The lowest BCUT2D eigenvalue weighted by atomic mass is 10.2. The molecule has 0 saturated carbocycles. The Balaban J connectivity index is 2.61. The number of hydrogen-bond donors (Lipinski definition) is 3. The van der Waals surface area contributed by atoms with Crippen LogP contribution in [-0.4, -0.2) is 18.2 Å². The number of hydrogen-bond acceptors (Lipinski definition) is 2. The Kier molecular flexibility index (Phi) is 3.14. The van der Waals surface area contributed by atoms with Gasteiger partial charge in [0.1, 0.15) is 0 Å². The Morgan fingerprint density at radius 3 is 2.92 bits per heavy atom. The highest BCUT2D eigenvalue weighted by atomic mass is 16.4. The summed E-state index contributed by atoms with van der Waals surface area (Å²) in [6, 6.07) is 7.57. The summed E-state index contributed by atoms with van der Waals surface area (Å²) in [6.07, 6.45) is -1.00. The lowest BCUT2D eigenvalue weighted by Gasteiger charge is -2.04. The van der Waals surface area contributed by atoms with Crippen molar-refractivity contribution in [2.45, 2.75) is 6.54 Å². The van der Waals surface area contributed by atoms with Crippen LogP contribution in [0.25, 0.3) is 0 Å². The van der Waals surface area contributed by atoms with Crippen LogP contribution in [0.2, 0.25) is 0 Å². The molecule has 0 aliphatic rings. The zero-order valence-electron chi connectivity index (χ0n) is 7.37. The first-order valence-corrected chi connectivity index (χ1v) is 3.96. The molecule has 0 bridgehead atoms. The molecule has 0 radical (unpaired) electrons. The fourth-order valence-electron chi connectivity index (χ4n) is 1.01. The van der Waals surface area contributed by atoms with Gasteiger partial charge in [0.2, 0.25) is 0 Å². The molecule has 4 heteroatoms. The summed E-state index contributed by atoms with van der Waals surface area (Å²) >= 11 is 0. The summed E-state index contributed by atoms with van der Waals surface area (Å²) in [5.41, 5.74) is 1.92. The molecule has 0 aliphatic heterocycles. The fraction of sp³-hybridized carbons (Fsp3) is 0.222. The summed E-state index contributed by atoms with van der Waals surface area (Å²) in [4.78, 5) is 10.2. The van der Waals surface area contributed by atoms with E-state index in [-0.39, 0.29) is 0 Å². The molecule has 1 aromatic rings. The van der Waals surface area contributed by atoms with Crippen LogP contribution in [0.15, 0.2) is 24.3 Å². The van der Waals surface area contributed by atoms with Crippen molar-refractivity contribution in [1.29, 1.82) is 0 Å². The normalized spacial score (nSPS) is 9.31. The van der Waals surface area contributed by atoms with Gasteiger partial charge in [-0.1, -0.05) is 12.1 Å². The quantitative estimate of drug-likeness (QED) is 0.660. The molecule has 0 aromatic heterocycles. The average molecular weight is 180 g/mol. The van der Waals surface area contributed by atoms with Crippen molar-refractivity contribution in [2.24, 2.45) is 0 Å². The van der Waals surface area contributed by atoms with E-state index in [9.17, 15) is 4.79 Å². The summed E-state index contributed by atoms with van der Waals surface area (Å²) in [7, 11) is 1.82. The van der Waals surface area contributed by atoms with Gasteiger partial charge in [0.15, 0.2) is 0 Å². The summed E-state index contributed by atoms with van der Waals surface area (Å²) < 4.78 is 0. The smallest absolute Gasteiger partial charge is 0.404 e. The standard InChI is InChI=1S/C9H12N2O2/c1-10-8-4-2-3-7(5-8)6-11-9(12)13/h2-5,10-11H,6H2,1H3,(H,12,13). The van der Waals surface area contributed by atoms with E-state index in [1.165, 1.54) is 0 Å². The molecule has 0 fully saturated rings. The highest BCUT2D eigenvalue weighted by Gasteiger charge is 1.96. The molecule has 70 valence electrons. The number of carbonyl (C=O) groups is 1. The molecule has 0 unspecified atom stereocenters. The van der Waals surface area contributed by atoms with Crippen LogP contribution in [0.1, 0.15) is 5.56 Å². The second kappa shape index (κ2) is 4.35. The first-order valence-electron chi connectivity index (χ1n) is 3.96. The van der Waals surface area contributed by atoms with Gasteiger partial charge >= 0.3 is 6.09 Å². The van der Waals surface area contributed by atoms with E-state index in [0.29, 0.717) is 6.54 Å². The minimum Gasteiger partial charge on any atom is -0.465 e. The van der Waals surface area contributed by atoms with Crippen LogP contribution in [-0.2, 0) is 6.54 Å². The third-order valence-electron chi connectivity index (χ3n) is 1.66. The van der Waals surface area contributed by atoms with E-state index in [0.717, 1.165) is 11.3 Å². The van der Waals surface area contributed by atoms with Gasteiger partial charge in [-0.3, -0.25) is 0 Å². The van der Waals surface area contributed by atoms with E-state index < -0.39 is 6.09 Å². The maximum absolute atomic E-state index is 10.2. The Morgan fingerprint density at radius 2 is 2.31 bits per heavy atom. The molecule has 0 aliphatic carbocycles. The van der Waals surface area contributed by atoms with Gasteiger partial charge in [0.25, 0.3) is 0 Å². The number of anilines is 1. The predicted molar refractivity (Wildman–Crippen MR) is 50.9 cm³/mol. The van der Waals surface area contributed by atoms with Crippen LogP contribution in [0, 0.1) is 0 Å². The van der Waals surface area contributed by atoms with E-state index in [1.54, 1.807) is 0 Å². The van der Waals surface area contributed by atoms with Crippen molar-refractivity contribution >= 4 is 11.8 Å². The zero-order chi connectivity index (χ0) is 9.68. The molecule has 0 saturated heterocycles. The van der Waals surface area contributed by atoms with Crippen molar-refractivity contribution in [3.8, 4) is 0 Å². The maximum Gasteiger partial charge on any atom is 0.404 e. The topological polar surface area (TPSA) is 61.4 Å². The van der Waals surface area contributed by atoms with Crippen molar-refractivity contribution < 1.29 is 9.90 Å². The molecule has 3 N–H and O–H groups in total. The van der Waals surface area contributed by atoms with Gasteiger partial charge in [-0.05, 0) is 17.7 Å². The molecule has 0 atom stereocenters. The highest BCUT2D eigenvalue weighted by molar-refractivity contribution is 5.64. The Labute approximate surface area is 76.6 Å². The monoisotopic (exact) mass is 180 g/mol. The molecule has 1 amide bonds. The van der Waals surface area contributed by atoms with E-state index in [1.807, 2.05) is 31.3 Å². The van der Waals surface area contributed by atoms with Crippen LogP contribution >= 0.6 is 0 Å². The Bertz CT molecular complexity index is 299. The first kappa shape index (κ1) is 9.38. The molecule has 13 heavy (non-hydrogen) atoms. The second-order valence-electron chi connectivity index (χ2n) is 2.61. The summed E-state index contributed by atoms with van der Waals surface area (Å²) in [6.45, 7) is 0.338. The van der Waals surface area contributed by atoms with Gasteiger partial charge in [-0.25, -0.2) is 4.79 Å². The number of rotatable bonds is 3. The highest BCUT2D eigenvalue weighted by Crippen LogP contribution is 2.08. The van der Waals surface area contributed by atoms with Crippen molar-refractivity contribution in [1.82, 2.24) is 5.32 Å². The number of amides is 1. The zero-order valence-corrected chi connectivity index (χ0v) is 7.37. The Morgan fingerprint density at radius 1 is 1.54 bits per heavy atom. The predicted octanol–water partition coefficient (Wildman–Crippen LogP) is 1.50. The van der Waals surface area contributed by atoms with E-state index >= 15 is 0 Å². The van der Waals surface area contributed by atoms with Crippen LogP contribution in [0.3, 0.4) is 0 Å². The number of benzene rings is 1. The van der Waals surface area contributed by atoms with Crippen LogP contribution < -0.4 is 10.6 Å². The van der Waals surface area contributed by atoms with Crippen LogP contribution in [0.5, 0.6) is 0 Å². The van der Waals surface area contributed by atoms with Crippen molar-refractivity contribution in [3.05, 3.63) is 29.8 Å². The van der Waals surface area contributed by atoms with Gasteiger partial charge in [-0.2, -0.15) is 0 Å². The third kappa shape index (κ3) is 3.02. The first-order chi connectivity index (χ1) is 6.22. The average Bonchev–Trinajstić information content (AvgIpc) is 2.15. The fourth-order valence-corrected chi connectivity index (χ4v) is 1.01. The lowest BCUT2D eigenvalue weighted by Crippen LogP contribution is -2.19. The molecule has 4 nitrogen and oxygen atoms in total. The summed E-state index contributed by atoms with van der Waals surface area (Å²) in [5.74, 6) is 0. The second-order valence-corrected chi connectivity index (χ2v) is 2.61. The van der Waals surface area contributed by atoms with Crippen LogP contribution in [0.4, 0.5) is 10.5 Å². The molecular formula is C9H12N2O2. The van der Waals surface area contributed by atoms with Gasteiger partial charge < -0.3 is 15.7 Å². The van der Waals surface area contributed by atoms with Gasteiger partial charge in [0, 0.05) is 19.3 Å². The number of carboxylic acid groups (broad SMARTS) is 1. The van der Waals surface area contributed by atoms with Gasteiger partial charge in [-0.15, -0.1) is 0 Å². The maximum atomic E-state index is 10.2. The molecular weight excluding hydrogens is 168 g/mol. The van der Waals surface area contributed by atoms with Crippen molar-refractivity contribution in [2.75, 3.05) is 12.4 Å². The van der Waals surface area contributed by atoms with Crippen molar-refractivity contribution in [3.63, 3.8) is 0 Å². The van der Waals surface area contributed by atoms with Gasteiger partial charge in [0.05, 0.1) is 0 Å². The molecule has 0 heterocycles. The minimum absolute atomic E-state index is 0.338. The molecule has 1 aromatic carbocycles. The van der Waals surface area contributed by atoms with E-state index in [4.69, 9.17) is 5.11 Å². The lowest BCUT2D eigenvalue weighted by molar-refractivity contribution is 0.194. The number of nitrogens with one attached hydrogen (secondary N) is 2.